The molecule has 2 N–H and O–H groups in total. The van der Waals surface area contributed by atoms with Crippen LogP contribution in [0.25, 0.3) is 0 Å². The zero-order valence-corrected chi connectivity index (χ0v) is 16.5. The predicted octanol–water partition coefficient (Wildman–Crippen LogP) is 2.28. The number of piperidine rings is 1. The molecule has 12 heteroatoms. The first-order valence-corrected chi connectivity index (χ1v) is 11.1. The van der Waals surface area contributed by atoms with E-state index >= 15 is 0 Å². The molecule has 2 heterocycles. The van der Waals surface area contributed by atoms with Gasteiger partial charge in [-0.25, -0.2) is 27.9 Å². The van der Waals surface area contributed by atoms with Crippen LogP contribution in [0.15, 0.2) is 34.4 Å². The average molecular weight is 427 g/mol. The van der Waals surface area contributed by atoms with Crippen molar-refractivity contribution in [3.8, 4) is 0 Å². The monoisotopic (exact) mass is 427 g/mol. The van der Waals surface area contributed by atoms with Crippen molar-refractivity contribution in [2.24, 2.45) is 5.14 Å². The molecule has 28 heavy (non-hydrogen) atoms. The standard InChI is InChI=1S/C16H18FN5O4S2/c1-27-16-19-9-13(17)15(20-16)21-6-4-10(5-7-21)12-8-11(22(23)24)2-3-14(12)28(18,25)26/h2-3,8-10H,4-7H2,1H3,(H2,18,25,26). The molecule has 0 bridgehead atoms. The minimum absolute atomic E-state index is 0.116. The fraction of sp³-hybridized carbons (Fsp3) is 0.375. The van der Waals surface area contributed by atoms with Crippen molar-refractivity contribution in [3.63, 3.8) is 0 Å². The number of rotatable bonds is 5. The number of sulfonamides is 1. The second-order valence-corrected chi connectivity index (χ2v) is 8.62. The number of nitrogens with two attached hydrogens (primary N) is 1. The third-order valence-electron chi connectivity index (χ3n) is 4.63. The van der Waals surface area contributed by atoms with Crippen LogP contribution in [-0.2, 0) is 10.0 Å². The number of halogens is 1. The molecule has 1 aromatic heterocycles. The van der Waals surface area contributed by atoms with Crippen LogP contribution in [0.4, 0.5) is 15.9 Å². The highest BCUT2D eigenvalue weighted by Gasteiger charge is 2.29. The molecular weight excluding hydrogens is 409 g/mol. The van der Waals surface area contributed by atoms with E-state index in [1.54, 1.807) is 11.2 Å². The number of hydrogen-bond acceptors (Lipinski definition) is 8. The number of benzene rings is 1. The molecule has 1 saturated heterocycles. The second kappa shape index (κ2) is 7.97. The summed E-state index contributed by atoms with van der Waals surface area (Å²) < 4.78 is 37.9. The van der Waals surface area contributed by atoms with Crippen molar-refractivity contribution >= 4 is 33.3 Å². The zero-order valence-electron chi connectivity index (χ0n) is 14.9. The summed E-state index contributed by atoms with van der Waals surface area (Å²) in [6.45, 7) is 0.832. The molecule has 0 radical (unpaired) electrons. The Morgan fingerprint density at radius 2 is 2.04 bits per heavy atom. The van der Waals surface area contributed by atoms with Crippen LogP contribution in [-0.4, -0.2) is 42.7 Å². The third kappa shape index (κ3) is 4.23. The molecule has 0 saturated carbocycles. The minimum Gasteiger partial charge on any atom is -0.354 e. The van der Waals surface area contributed by atoms with Gasteiger partial charge in [0, 0.05) is 25.2 Å². The van der Waals surface area contributed by atoms with Gasteiger partial charge in [-0.3, -0.25) is 10.1 Å². The topological polar surface area (TPSA) is 132 Å². The van der Waals surface area contributed by atoms with Gasteiger partial charge in [0.1, 0.15) is 0 Å². The number of non-ortho nitro benzene ring substituents is 1. The molecule has 3 rings (SSSR count). The third-order valence-corrected chi connectivity index (χ3v) is 6.18. The lowest BCUT2D eigenvalue weighted by atomic mass is 9.89. The van der Waals surface area contributed by atoms with Crippen molar-refractivity contribution in [2.45, 2.75) is 28.8 Å². The fourth-order valence-electron chi connectivity index (χ4n) is 3.29. The maximum Gasteiger partial charge on any atom is 0.269 e. The summed E-state index contributed by atoms with van der Waals surface area (Å²) in [5.74, 6) is -0.588. The molecule has 9 nitrogen and oxygen atoms in total. The molecular formula is C16H18FN5O4S2. The fourth-order valence-corrected chi connectivity index (χ4v) is 4.44. The van der Waals surface area contributed by atoms with E-state index in [2.05, 4.69) is 9.97 Å². The second-order valence-electron chi connectivity index (χ2n) is 6.31. The van der Waals surface area contributed by atoms with Crippen LogP contribution in [0, 0.1) is 15.9 Å². The van der Waals surface area contributed by atoms with Gasteiger partial charge in [0.05, 0.1) is 16.0 Å². The first-order valence-electron chi connectivity index (χ1n) is 8.33. The van der Waals surface area contributed by atoms with Gasteiger partial charge in [0.25, 0.3) is 5.69 Å². The summed E-state index contributed by atoms with van der Waals surface area (Å²) in [4.78, 5) is 20.3. The average Bonchev–Trinajstić information content (AvgIpc) is 2.67. The summed E-state index contributed by atoms with van der Waals surface area (Å²) in [5.41, 5.74) is 0.126. The lowest BCUT2D eigenvalue weighted by Crippen LogP contribution is -2.34. The number of primary sulfonamides is 1. The lowest BCUT2D eigenvalue weighted by Gasteiger charge is -2.33. The maximum absolute atomic E-state index is 14.1. The van der Waals surface area contributed by atoms with Crippen LogP contribution in [0.5, 0.6) is 0 Å². The Bertz CT molecular complexity index is 1010. The molecule has 1 aromatic carbocycles. The van der Waals surface area contributed by atoms with Crippen molar-refractivity contribution in [3.05, 3.63) is 45.9 Å². The molecule has 150 valence electrons. The molecule has 0 spiro atoms. The van der Waals surface area contributed by atoms with Gasteiger partial charge in [-0.1, -0.05) is 11.8 Å². The van der Waals surface area contributed by atoms with Crippen molar-refractivity contribution in [1.82, 2.24) is 9.97 Å². The van der Waals surface area contributed by atoms with Gasteiger partial charge in [-0.15, -0.1) is 0 Å². The molecule has 0 atom stereocenters. The zero-order chi connectivity index (χ0) is 20.5. The number of anilines is 1. The Morgan fingerprint density at radius 1 is 1.36 bits per heavy atom. The van der Waals surface area contributed by atoms with Crippen LogP contribution in [0.3, 0.4) is 0 Å². The van der Waals surface area contributed by atoms with Crippen molar-refractivity contribution in [2.75, 3.05) is 24.2 Å². The molecule has 2 aromatic rings. The summed E-state index contributed by atoms with van der Waals surface area (Å²) in [5, 5.41) is 16.8. The van der Waals surface area contributed by atoms with E-state index in [9.17, 15) is 22.9 Å². The Balaban J connectivity index is 1.87. The highest BCUT2D eigenvalue weighted by atomic mass is 32.2. The van der Waals surface area contributed by atoms with E-state index in [0.29, 0.717) is 36.7 Å². The van der Waals surface area contributed by atoms with Gasteiger partial charge < -0.3 is 4.90 Å². The smallest absolute Gasteiger partial charge is 0.269 e. The van der Waals surface area contributed by atoms with Gasteiger partial charge in [0.15, 0.2) is 16.8 Å². The SMILES string of the molecule is CSc1ncc(F)c(N2CCC(c3cc([N+](=O)[O-])ccc3S(N)(=O)=O)CC2)n1. The minimum atomic E-state index is -4.03. The van der Waals surface area contributed by atoms with Crippen LogP contribution in [0.1, 0.15) is 24.3 Å². The predicted molar refractivity (Wildman–Crippen MR) is 102 cm³/mol. The van der Waals surface area contributed by atoms with E-state index in [-0.39, 0.29) is 22.3 Å². The highest BCUT2D eigenvalue weighted by Crippen LogP contribution is 2.35. The highest BCUT2D eigenvalue weighted by molar-refractivity contribution is 7.98. The Hall–Kier alpha value is -2.31. The molecule has 0 unspecified atom stereocenters. The number of hydrogen-bond donors (Lipinski definition) is 1. The van der Waals surface area contributed by atoms with E-state index < -0.39 is 20.8 Å². The maximum atomic E-state index is 14.1. The quantitative estimate of drug-likeness (QED) is 0.333. The van der Waals surface area contributed by atoms with Crippen LogP contribution in [0.2, 0.25) is 0 Å². The van der Waals surface area contributed by atoms with E-state index in [1.165, 1.54) is 23.9 Å². The number of nitro benzene ring substituents is 1. The normalized spacial score (nSPS) is 15.6. The van der Waals surface area contributed by atoms with Gasteiger partial charge >= 0.3 is 0 Å². The van der Waals surface area contributed by atoms with Crippen LogP contribution >= 0.6 is 11.8 Å². The summed E-state index contributed by atoms with van der Waals surface area (Å²) in [6.07, 6.45) is 3.86. The lowest BCUT2D eigenvalue weighted by molar-refractivity contribution is -0.385. The van der Waals surface area contributed by atoms with Crippen molar-refractivity contribution in [1.29, 1.82) is 0 Å². The number of nitro groups is 1. The Labute approximate surface area is 165 Å². The van der Waals surface area contributed by atoms with E-state index in [4.69, 9.17) is 5.14 Å². The molecule has 1 fully saturated rings. The van der Waals surface area contributed by atoms with E-state index in [1.807, 2.05) is 0 Å². The van der Waals surface area contributed by atoms with Gasteiger partial charge in [-0.05, 0) is 36.6 Å². The van der Waals surface area contributed by atoms with E-state index in [0.717, 1.165) is 12.3 Å². The first kappa shape index (κ1) is 20.4. The molecule has 0 amide bonds. The summed E-state index contributed by atoms with van der Waals surface area (Å²) in [7, 11) is -4.03. The van der Waals surface area contributed by atoms with Gasteiger partial charge in [0.2, 0.25) is 10.0 Å². The molecule has 0 aliphatic carbocycles. The van der Waals surface area contributed by atoms with Gasteiger partial charge in [-0.2, -0.15) is 0 Å². The Morgan fingerprint density at radius 3 is 2.61 bits per heavy atom. The molecule has 1 aliphatic rings. The summed E-state index contributed by atoms with van der Waals surface area (Å²) >= 11 is 1.30. The number of nitrogens with zero attached hydrogens (tertiary/aromatic N) is 4. The van der Waals surface area contributed by atoms with Crippen LogP contribution < -0.4 is 10.0 Å². The summed E-state index contributed by atoms with van der Waals surface area (Å²) in [6, 6.07) is 3.56. The van der Waals surface area contributed by atoms with Crippen molar-refractivity contribution < 1.29 is 17.7 Å². The molecule has 1 aliphatic heterocycles. The first-order chi connectivity index (χ1) is 13.2. The Kier molecular flexibility index (Phi) is 5.82. The largest absolute Gasteiger partial charge is 0.354 e. The number of aromatic nitrogens is 2. The number of thioether (sulfide) groups is 1.